The highest BCUT2D eigenvalue weighted by atomic mass is 35.5. The van der Waals surface area contributed by atoms with E-state index in [1.165, 1.54) is 4.90 Å². The first kappa shape index (κ1) is 20.2. The Morgan fingerprint density at radius 3 is 2.27 bits per heavy atom. The summed E-state index contributed by atoms with van der Waals surface area (Å²) in [5.74, 6) is 0.768. The Hall–Kier alpha value is -3.10. The van der Waals surface area contributed by atoms with Crippen LogP contribution in [0.25, 0.3) is 22.4 Å². The third-order valence-corrected chi connectivity index (χ3v) is 5.43. The van der Waals surface area contributed by atoms with Crippen LogP contribution in [0, 0.1) is 0 Å². The Morgan fingerprint density at radius 2 is 1.67 bits per heavy atom. The van der Waals surface area contributed by atoms with Gasteiger partial charge in [-0.15, -0.1) is 0 Å². The minimum Gasteiger partial charge on any atom is -0.465 e. The van der Waals surface area contributed by atoms with Crippen molar-refractivity contribution in [2.45, 2.75) is 6.54 Å². The maximum Gasteiger partial charge on any atom is 0.407 e. The highest BCUT2D eigenvalue weighted by Crippen LogP contribution is 2.40. The smallest absolute Gasteiger partial charge is 0.407 e. The van der Waals surface area contributed by atoms with Crippen LogP contribution in [-0.4, -0.2) is 68.8 Å². The fourth-order valence-electron chi connectivity index (χ4n) is 3.72. The molecule has 4 rings (SSSR count). The lowest BCUT2D eigenvalue weighted by molar-refractivity contribution is 0.142. The molecule has 0 aliphatic carbocycles. The lowest BCUT2D eigenvalue weighted by atomic mass is 10.0. The summed E-state index contributed by atoms with van der Waals surface area (Å²) in [7, 11) is 0. The second-order valence-electron chi connectivity index (χ2n) is 6.99. The number of halogens is 1. The number of hydrogen-bond donors (Lipinski definition) is 2. The number of aromatic nitrogens is 3. The van der Waals surface area contributed by atoms with Gasteiger partial charge in [0.2, 0.25) is 0 Å². The van der Waals surface area contributed by atoms with Gasteiger partial charge in [0.15, 0.2) is 5.82 Å². The quantitative estimate of drug-likeness (QED) is 0.649. The highest BCUT2D eigenvalue weighted by Gasteiger charge is 2.28. The maximum atomic E-state index is 11.3. The van der Waals surface area contributed by atoms with Crippen LogP contribution in [0.15, 0.2) is 48.8 Å². The first-order chi connectivity index (χ1) is 14.6. The van der Waals surface area contributed by atoms with E-state index >= 15 is 0 Å². The molecule has 30 heavy (non-hydrogen) atoms. The van der Waals surface area contributed by atoms with E-state index in [0.717, 1.165) is 28.2 Å². The molecule has 3 aromatic rings. The highest BCUT2D eigenvalue weighted by molar-refractivity contribution is 6.30. The summed E-state index contributed by atoms with van der Waals surface area (Å²) in [5, 5.41) is 24.4. The Kier molecular flexibility index (Phi) is 5.87. The van der Waals surface area contributed by atoms with Crippen molar-refractivity contribution in [1.29, 1.82) is 0 Å². The number of aliphatic hydroxyl groups excluding tert-OH is 1. The van der Waals surface area contributed by atoms with Gasteiger partial charge >= 0.3 is 6.09 Å². The average molecular weight is 428 g/mol. The molecular weight excluding hydrogens is 406 g/mol. The van der Waals surface area contributed by atoms with E-state index in [-0.39, 0.29) is 6.61 Å². The molecule has 2 aromatic heterocycles. The van der Waals surface area contributed by atoms with Crippen molar-refractivity contribution in [3.8, 4) is 22.4 Å². The van der Waals surface area contributed by atoms with Crippen LogP contribution < -0.4 is 4.90 Å². The molecule has 0 radical (unpaired) electrons. The monoisotopic (exact) mass is 427 g/mol. The fourth-order valence-corrected chi connectivity index (χ4v) is 3.85. The number of rotatable bonds is 5. The Morgan fingerprint density at radius 1 is 1.00 bits per heavy atom. The summed E-state index contributed by atoms with van der Waals surface area (Å²) in [6.07, 6.45) is 2.56. The number of hydrogen-bond acceptors (Lipinski definition) is 5. The van der Waals surface area contributed by atoms with Gasteiger partial charge < -0.3 is 20.0 Å². The van der Waals surface area contributed by atoms with Crippen molar-refractivity contribution in [2.75, 3.05) is 37.7 Å². The topological polar surface area (TPSA) is 94.7 Å². The number of nitrogens with zero attached hydrogens (tertiary/aromatic N) is 5. The Labute approximate surface area is 178 Å². The molecule has 0 atom stereocenters. The maximum absolute atomic E-state index is 11.3. The SMILES string of the molecule is O=C(O)N1CCN(c2nn(CCO)c(-c3ccc(Cl)cc3)c2-c2ccncc2)CC1. The molecule has 8 nitrogen and oxygen atoms in total. The second-order valence-corrected chi connectivity index (χ2v) is 7.43. The van der Waals surface area contributed by atoms with Crippen LogP contribution in [0.5, 0.6) is 0 Å². The first-order valence-electron chi connectivity index (χ1n) is 9.69. The summed E-state index contributed by atoms with van der Waals surface area (Å²) >= 11 is 6.09. The molecule has 2 N–H and O–H groups in total. The zero-order chi connectivity index (χ0) is 21.1. The van der Waals surface area contributed by atoms with E-state index in [1.807, 2.05) is 36.4 Å². The largest absolute Gasteiger partial charge is 0.465 e. The lowest BCUT2D eigenvalue weighted by Crippen LogP contribution is -2.48. The number of carbonyl (C=O) groups is 1. The summed E-state index contributed by atoms with van der Waals surface area (Å²) < 4.78 is 1.80. The lowest BCUT2D eigenvalue weighted by Gasteiger charge is -2.33. The molecule has 0 spiro atoms. The number of aliphatic hydroxyl groups is 1. The normalized spacial score (nSPS) is 14.2. The van der Waals surface area contributed by atoms with E-state index in [1.54, 1.807) is 17.1 Å². The molecule has 1 fully saturated rings. The molecule has 1 amide bonds. The summed E-state index contributed by atoms with van der Waals surface area (Å²) in [5.41, 5.74) is 3.69. The Balaban J connectivity index is 1.84. The van der Waals surface area contributed by atoms with E-state index in [9.17, 15) is 15.0 Å². The number of piperazine rings is 1. The van der Waals surface area contributed by atoms with Gasteiger partial charge in [-0.05, 0) is 29.8 Å². The fraction of sp³-hybridized carbons (Fsp3) is 0.286. The molecule has 1 saturated heterocycles. The van der Waals surface area contributed by atoms with Crippen LogP contribution in [-0.2, 0) is 6.54 Å². The number of anilines is 1. The van der Waals surface area contributed by atoms with E-state index in [2.05, 4.69) is 9.88 Å². The van der Waals surface area contributed by atoms with E-state index < -0.39 is 6.09 Å². The predicted octanol–water partition coefficient (Wildman–Crippen LogP) is 3.06. The van der Waals surface area contributed by atoms with Gasteiger partial charge in [0.1, 0.15) is 0 Å². The zero-order valence-corrected chi connectivity index (χ0v) is 17.0. The molecular formula is C21H22ClN5O3. The number of amides is 1. The minimum absolute atomic E-state index is 0.0513. The third-order valence-electron chi connectivity index (χ3n) is 5.18. The molecule has 1 aromatic carbocycles. The van der Waals surface area contributed by atoms with E-state index in [4.69, 9.17) is 16.7 Å². The van der Waals surface area contributed by atoms with Gasteiger partial charge in [-0.25, -0.2) is 4.79 Å². The van der Waals surface area contributed by atoms with Crippen molar-refractivity contribution in [2.24, 2.45) is 0 Å². The van der Waals surface area contributed by atoms with Crippen molar-refractivity contribution in [1.82, 2.24) is 19.7 Å². The summed E-state index contributed by atoms with van der Waals surface area (Å²) in [4.78, 5) is 18.9. The van der Waals surface area contributed by atoms with Crippen LogP contribution in [0.3, 0.4) is 0 Å². The van der Waals surface area contributed by atoms with Crippen LogP contribution in [0.4, 0.5) is 10.6 Å². The second kappa shape index (κ2) is 8.73. The molecule has 1 aliphatic rings. The molecule has 3 heterocycles. The van der Waals surface area contributed by atoms with Gasteiger partial charge in [-0.1, -0.05) is 23.7 Å². The van der Waals surface area contributed by atoms with Crippen LogP contribution in [0.2, 0.25) is 5.02 Å². The molecule has 9 heteroatoms. The molecule has 156 valence electrons. The van der Waals surface area contributed by atoms with Gasteiger partial charge in [0.25, 0.3) is 0 Å². The summed E-state index contributed by atoms with van der Waals surface area (Å²) in [6, 6.07) is 11.4. The number of benzene rings is 1. The van der Waals surface area contributed by atoms with Crippen LogP contribution in [0.1, 0.15) is 0 Å². The van der Waals surface area contributed by atoms with Gasteiger partial charge in [-0.2, -0.15) is 5.10 Å². The standard InChI is InChI=1S/C21H22ClN5O3/c22-17-3-1-16(2-4-17)19-18(15-5-7-23-8-6-15)20(24-27(19)13-14-28)25-9-11-26(12-10-25)21(29)30/h1-8,28H,9-14H2,(H,29,30). The predicted molar refractivity (Wildman–Crippen MR) is 115 cm³/mol. The van der Waals surface area contributed by atoms with Crippen molar-refractivity contribution in [3.05, 3.63) is 53.8 Å². The molecule has 0 unspecified atom stereocenters. The van der Waals surface area contributed by atoms with Crippen molar-refractivity contribution < 1.29 is 15.0 Å². The first-order valence-corrected chi connectivity index (χ1v) is 10.1. The van der Waals surface area contributed by atoms with Crippen molar-refractivity contribution >= 4 is 23.5 Å². The molecule has 0 bridgehead atoms. The van der Waals surface area contributed by atoms with Crippen LogP contribution >= 0.6 is 11.6 Å². The number of pyridine rings is 1. The zero-order valence-electron chi connectivity index (χ0n) is 16.3. The van der Waals surface area contributed by atoms with Gasteiger partial charge in [0, 0.05) is 49.2 Å². The van der Waals surface area contributed by atoms with Gasteiger partial charge in [-0.3, -0.25) is 9.67 Å². The minimum atomic E-state index is -0.906. The molecule has 1 aliphatic heterocycles. The average Bonchev–Trinajstić information content (AvgIpc) is 3.14. The molecule has 0 saturated carbocycles. The van der Waals surface area contributed by atoms with Crippen molar-refractivity contribution in [3.63, 3.8) is 0 Å². The number of carboxylic acid groups (broad SMARTS) is 1. The third kappa shape index (κ3) is 3.96. The van der Waals surface area contributed by atoms with Gasteiger partial charge in [0.05, 0.1) is 24.4 Å². The summed E-state index contributed by atoms with van der Waals surface area (Å²) in [6.45, 7) is 2.19. The Bertz CT molecular complexity index is 1020. The van der Waals surface area contributed by atoms with E-state index in [0.29, 0.717) is 37.7 Å².